The maximum Gasteiger partial charge on any atom is 0.470 e. The fraction of sp³-hybridized carbons (Fsp3) is 0.944. The number of phosphoric acid groups is 1. The number of aliphatic hydroxyl groups excluding tert-OH is 2. The summed E-state index contributed by atoms with van der Waals surface area (Å²) in [5.74, 6) is 0.195. The predicted molar refractivity (Wildman–Crippen MR) is 118 cm³/mol. The summed E-state index contributed by atoms with van der Waals surface area (Å²) in [5.41, 5.74) is -0.992. The average molecular weight is 505 g/mol. The molecule has 0 aromatic heterocycles. The van der Waals surface area contributed by atoms with Gasteiger partial charge in [-0.2, -0.15) is 0 Å². The summed E-state index contributed by atoms with van der Waals surface area (Å²) in [4.78, 5) is 33.3. The molecule has 2 rings (SSSR count). The normalized spacial score (nSPS) is 36.9. The van der Waals surface area contributed by atoms with Crippen LogP contribution >= 0.6 is 31.2 Å². The number of likely N-dealkylation sites (N-methyl/N-ethyl adjacent to an activating group) is 1. The van der Waals surface area contributed by atoms with E-state index in [4.69, 9.17) is 26.1 Å². The molecule has 2 fully saturated rings. The van der Waals surface area contributed by atoms with E-state index in [1.54, 1.807) is 13.2 Å². The van der Waals surface area contributed by atoms with Gasteiger partial charge in [0.1, 0.15) is 29.9 Å². The Labute approximate surface area is 192 Å². The first-order valence-electron chi connectivity index (χ1n) is 10.3. The number of ether oxygens (including phenoxy) is 1. The number of nitrogens with zero attached hydrogens (tertiary/aromatic N) is 1. The molecule has 2 unspecified atom stereocenters. The van der Waals surface area contributed by atoms with Gasteiger partial charge in [0.05, 0.1) is 17.5 Å². The van der Waals surface area contributed by atoms with Crippen LogP contribution in [0.5, 0.6) is 0 Å². The predicted octanol–water partition coefficient (Wildman–Crippen LogP) is 0.507. The number of alkyl halides is 1. The number of aliphatic hydroxyl groups is 2. The van der Waals surface area contributed by atoms with Gasteiger partial charge in [-0.25, -0.2) is 4.57 Å². The summed E-state index contributed by atoms with van der Waals surface area (Å²) in [5, 5.41) is 23.4. The molecule has 13 heteroatoms. The number of hydrogen-bond acceptors (Lipinski definition) is 8. The largest absolute Gasteiger partial charge is 0.470 e. The van der Waals surface area contributed by atoms with Crippen molar-refractivity contribution in [3.8, 4) is 0 Å². The zero-order chi connectivity index (χ0) is 23.5. The van der Waals surface area contributed by atoms with E-state index in [1.807, 2.05) is 11.9 Å². The molecule has 5 N–H and O–H groups in total. The smallest absolute Gasteiger partial charge is 0.388 e. The van der Waals surface area contributed by atoms with Gasteiger partial charge in [-0.1, -0.05) is 13.3 Å². The molecule has 0 aromatic carbocycles. The van der Waals surface area contributed by atoms with Crippen LogP contribution in [0.3, 0.4) is 0 Å². The zero-order valence-corrected chi connectivity index (χ0v) is 20.6. The highest BCUT2D eigenvalue weighted by molar-refractivity contribution is 7.99. The molecule has 0 aliphatic carbocycles. The minimum absolute atomic E-state index is 0.238. The highest BCUT2D eigenvalue weighted by Gasteiger charge is 2.51. The number of halogens is 1. The first-order valence-corrected chi connectivity index (χ1v) is 13.6. The van der Waals surface area contributed by atoms with Gasteiger partial charge >= 0.3 is 7.82 Å². The molecule has 10 nitrogen and oxygen atoms in total. The van der Waals surface area contributed by atoms with Crippen LogP contribution in [-0.4, -0.2) is 98.0 Å². The highest BCUT2D eigenvalue weighted by Crippen LogP contribution is 2.43. The quantitative estimate of drug-likeness (QED) is 0.222. The summed E-state index contributed by atoms with van der Waals surface area (Å²) in [7, 11) is -3.04. The number of likely N-dealkylation sites (tertiary alicyclic amines) is 1. The maximum absolute atomic E-state index is 13.0. The highest BCUT2D eigenvalue weighted by atomic mass is 35.5. The number of carbonyl (C=O) groups is 1. The lowest BCUT2D eigenvalue weighted by molar-refractivity contribution is -0.201. The Kier molecular flexibility index (Phi) is 10.1. The van der Waals surface area contributed by atoms with Gasteiger partial charge in [0, 0.05) is 6.54 Å². The molecule has 1 amide bonds. The van der Waals surface area contributed by atoms with Crippen LogP contribution in [0.15, 0.2) is 0 Å². The number of amides is 1. The summed E-state index contributed by atoms with van der Waals surface area (Å²) in [6.07, 6.45) is -1.37. The molecule has 31 heavy (non-hydrogen) atoms. The molecular weight excluding hydrogens is 471 g/mol. The van der Waals surface area contributed by atoms with Crippen LogP contribution in [0.2, 0.25) is 0 Å². The van der Waals surface area contributed by atoms with Crippen molar-refractivity contribution in [2.75, 3.05) is 19.8 Å². The lowest BCUT2D eigenvalue weighted by atomic mass is 9.92. The topological polar surface area (TPSA) is 149 Å². The van der Waals surface area contributed by atoms with Crippen LogP contribution in [-0.2, 0) is 18.6 Å². The lowest BCUT2D eigenvalue weighted by Crippen LogP contribution is -2.65. The SMILES string of the molecule is CCC[C@H]1C[C@H](C(=O)NC(C(C)Cl)[C@@H]2O[C@@H](SC)[C@@H](OP(=O)(O)O)[C@H](O)[C@@H]2O)N(C)C1. The Morgan fingerprint density at radius 3 is 2.55 bits per heavy atom. The van der Waals surface area contributed by atoms with Gasteiger partial charge in [0.25, 0.3) is 0 Å². The van der Waals surface area contributed by atoms with Crippen LogP contribution in [0, 0.1) is 5.92 Å². The molecule has 182 valence electrons. The first-order chi connectivity index (χ1) is 14.4. The third kappa shape index (κ3) is 7.02. The maximum atomic E-state index is 13.0. The number of carbonyl (C=O) groups excluding carboxylic acids is 1. The van der Waals surface area contributed by atoms with Crippen molar-refractivity contribution in [1.29, 1.82) is 0 Å². The second-order valence-electron chi connectivity index (χ2n) is 8.30. The molecule has 0 spiro atoms. The number of thioether (sulfide) groups is 1. The second kappa shape index (κ2) is 11.5. The van der Waals surface area contributed by atoms with Crippen LogP contribution in [0.1, 0.15) is 33.1 Å². The molecule has 0 saturated carbocycles. The van der Waals surface area contributed by atoms with Gasteiger partial charge in [-0.05, 0) is 39.0 Å². The fourth-order valence-corrected chi connectivity index (χ4v) is 5.93. The van der Waals surface area contributed by atoms with Crippen LogP contribution in [0.4, 0.5) is 0 Å². The third-order valence-corrected chi connectivity index (χ3v) is 7.50. The molecule has 0 bridgehead atoms. The van der Waals surface area contributed by atoms with Crippen molar-refractivity contribution in [2.45, 2.75) is 80.4 Å². The Morgan fingerprint density at radius 1 is 1.39 bits per heavy atom. The number of nitrogens with one attached hydrogen (secondary N) is 1. The Morgan fingerprint density at radius 2 is 2.03 bits per heavy atom. The van der Waals surface area contributed by atoms with Crippen molar-refractivity contribution in [3.05, 3.63) is 0 Å². The molecular formula is C18H34ClN2O8PS. The molecule has 2 heterocycles. The molecule has 2 aliphatic rings. The number of rotatable bonds is 9. The summed E-state index contributed by atoms with van der Waals surface area (Å²) < 4.78 is 21.7. The van der Waals surface area contributed by atoms with Crippen LogP contribution < -0.4 is 5.32 Å². The monoisotopic (exact) mass is 504 g/mol. The Balaban J connectivity index is 2.15. The van der Waals surface area contributed by atoms with Gasteiger partial charge in [-0.3, -0.25) is 14.2 Å². The van der Waals surface area contributed by atoms with Gasteiger partial charge in [-0.15, -0.1) is 23.4 Å². The molecule has 2 saturated heterocycles. The van der Waals surface area contributed by atoms with E-state index in [0.717, 1.165) is 37.6 Å². The standard InChI is InChI=1S/C18H34ClN2O8PS/c1-5-6-10-7-11(21(3)8-10)17(24)20-12(9(2)19)15-13(22)14(23)16(18(28-15)31-4)29-30(25,26)27/h9-16,18,22-23H,5-8H2,1-4H3,(H,20,24)(H2,25,26,27)/t9?,10-,11+,12?,13-,14+,15-,16-,18-/m0/s1. The van der Waals surface area contributed by atoms with Gasteiger partial charge in [0.2, 0.25) is 5.91 Å². The average Bonchev–Trinajstić information content (AvgIpc) is 3.03. The summed E-state index contributed by atoms with van der Waals surface area (Å²) in [6, 6.07) is -1.18. The van der Waals surface area contributed by atoms with E-state index in [9.17, 15) is 19.6 Å². The molecule has 9 atom stereocenters. The third-order valence-electron chi connectivity index (χ3n) is 5.87. The zero-order valence-electron chi connectivity index (χ0n) is 18.1. The van der Waals surface area contributed by atoms with Gasteiger partial charge < -0.3 is 30.1 Å². The minimum Gasteiger partial charge on any atom is -0.388 e. The Hall–Kier alpha value is 0.0600. The molecule has 0 radical (unpaired) electrons. The van der Waals surface area contributed by atoms with E-state index < -0.39 is 49.1 Å². The van der Waals surface area contributed by atoms with Gasteiger partial charge in [0.15, 0.2) is 0 Å². The Bertz CT molecular complexity index is 654. The fourth-order valence-electron chi connectivity index (χ4n) is 4.37. The van der Waals surface area contributed by atoms with Crippen molar-refractivity contribution in [2.24, 2.45) is 5.92 Å². The van der Waals surface area contributed by atoms with Crippen molar-refractivity contribution in [3.63, 3.8) is 0 Å². The summed E-state index contributed by atoms with van der Waals surface area (Å²) >= 11 is 7.38. The first kappa shape index (κ1) is 27.3. The van der Waals surface area contributed by atoms with E-state index in [2.05, 4.69) is 16.8 Å². The van der Waals surface area contributed by atoms with Crippen LogP contribution in [0.25, 0.3) is 0 Å². The second-order valence-corrected chi connectivity index (χ2v) is 11.1. The van der Waals surface area contributed by atoms with E-state index >= 15 is 0 Å². The van der Waals surface area contributed by atoms with E-state index in [-0.39, 0.29) is 11.9 Å². The summed E-state index contributed by atoms with van der Waals surface area (Å²) in [6.45, 7) is 4.57. The molecule has 2 aliphatic heterocycles. The van der Waals surface area contributed by atoms with Crippen molar-refractivity contribution < 1.29 is 38.6 Å². The lowest BCUT2D eigenvalue weighted by Gasteiger charge is -2.45. The van der Waals surface area contributed by atoms with E-state index in [1.165, 1.54) is 0 Å². The van der Waals surface area contributed by atoms with Crippen molar-refractivity contribution in [1.82, 2.24) is 10.2 Å². The number of hydrogen-bond donors (Lipinski definition) is 5. The van der Waals surface area contributed by atoms with Crippen molar-refractivity contribution >= 4 is 37.1 Å². The number of phosphoric ester groups is 1. The van der Waals surface area contributed by atoms with E-state index in [0.29, 0.717) is 5.92 Å². The molecule has 0 aromatic rings. The minimum atomic E-state index is -4.93.